The molecule has 0 aromatic carbocycles. The minimum Gasteiger partial charge on any atom is -0.478 e. The van der Waals surface area contributed by atoms with Gasteiger partial charge in [0.05, 0.1) is 11.9 Å². The van der Waals surface area contributed by atoms with Gasteiger partial charge in [0, 0.05) is 24.7 Å². The summed E-state index contributed by atoms with van der Waals surface area (Å²) in [6.07, 6.45) is 3.98. The first kappa shape index (κ1) is 10.7. The van der Waals surface area contributed by atoms with Crippen LogP contribution < -0.4 is 0 Å². The monoisotopic (exact) mass is 223 g/mol. The summed E-state index contributed by atoms with van der Waals surface area (Å²) >= 11 is 0. The second kappa shape index (κ2) is 4.34. The molecule has 0 saturated heterocycles. The Morgan fingerprint density at radius 1 is 1.75 bits per heavy atom. The number of carbonyl (C=O) groups is 1. The molecule has 6 nitrogen and oxygen atoms in total. The van der Waals surface area contributed by atoms with Crippen molar-refractivity contribution in [3.8, 4) is 0 Å². The van der Waals surface area contributed by atoms with Crippen LogP contribution in [0, 0.1) is 0 Å². The highest BCUT2D eigenvalue weighted by Gasteiger charge is 2.28. The Morgan fingerprint density at radius 2 is 2.56 bits per heavy atom. The minimum atomic E-state index is -0.986. The van der Waals surface area contributed by atoms with Gasteiger partial charge >= 0.3 is 5.97 Å². The molecule has 1 aromatic heterocycles. The van der Waals surface area contributed by atoms with Gasteiger partial charge in [-0.2, -0.15) is 5.10 Å². The number of hydrogen-bond donors (Lipinski definition) is 1. The highest BCUT2D eigenvalue weighted by atomic mass is 16.7. The second-order valence-corrected chi connectivity index (χ2v) is 3.67. The van der Waals surface area contributed by atoms with Gasteiger partial charge in [0.1, 0.15) is 0 Å². The summed E-state index contributed by atoms with van der Waals surface area (Å²) in [4.78, 5) is 15.5. The molecule has 1 atom stereocenters. The summed E-state index contributed by atoms with van der Waals surface area (Å²) in [5.74, 6) is -0.986. The maximum absolute atomic E-state index is 10.7. The van der Waals surface area contributed by atoms with Gasteiger partial charge < -0.3 is 9.94 Å². The molecule has 1 aliphatic heterocycles. The SMILES string of the molecule is CCCn1cc(C2=NOC(C(=O)O)C2)cn1. The van der Waals surface area contributed by atoms with E-state index in [0.717, 1.165) is 18.5 Å². The van der Waals surface area contributed by atoms with E-state index >= 15 is 0 Å². The van der Waals surface area contributed by atoms with Crippen LogP contribution in [0.3, 0.4) is 0 Å². The van der Waals surface area contributed by atoms with Crippen molar-refractivity contribution in [2.75, 3.05) is 0 Å². The number of aliphatic carboxylic acids is 1. The Balaban J connectivity index is 2.05. The van der Waals surface area contributed by atoms with Crippen LogP contribution in [-0.4, -0.2) is 32.7 Å². The van der Waals surface area contributed by atoms with E-state index in [9.17, 15) is 4.79 Å². The Labute approximate surface area is 92.5 Å². The molecule has 0 fully saturated rings. The number of rotatable bonds is 4. The number of aromatic nitrogens is 2. The lowest BCUT2D eigenvalue weighted by Gasteiger charge is -1.98. The zero-order chi connectivity index (χ0) is 11.5. The van der Waals surface area contributed by atoms with Gasteiger partial charge in [-0.15, -0.1) is 0 Å². The Hall–Kier alpha value is -1.85. The van der Waals surface area contributed by atoms with Crippen LogP contribution in [0.5, 0.6) is 0 Å². The van der Waals surface area contributed by atoms with Crippen molar-refractivity contribution in [1.29, 1.82) is 0 Å². The maximum atomic E-state index is 10.7. The molecule has 16 heavy (non-hydrogen) atoms. The van der Waals surface area contributed by atoms with Gasteiger partial charge in [-0.25, -0.2) is 4.79 Å². The van der Waals surface area contributed by atoms with Crippen molar-refractivity contribution >= 4 is 11.7 Å². The molecule has 2 heterocycles. The Morgan fingerprint density at radius 3 is 3.19 bits per heavy atom. The van der Waals surface area contributed by atoms with E-state index in [4.69, 9.17) is 9.94 Å². The van der Waals surface area contributed by atoms with Crippen molar-refractivity contribution in [3.63, 3.8) is 0 Å². The van der Waals surface area contributed by atoms with Crippen LogP contribution in [0.4, 0.5) is 0 Å². The second-order valence-electron chi connectivity index (χ2n) is 3.67. The van der Waals surface area contributed by atoms with Gasteiger partial charge in [-0.05, 0) is 6.42 Å². The zero-order valence-corrected chi connectivity index (χ0v) is 8.96. The van der Waals surface area contributed by atoms with Crippen LogP contribution in [0.2, 0.25) is 0 Å². The number of carboxylic acids is 1. The molecule has 1 unspecified atom stereocenters. The minimum absolute atomic E-state index is 0.299. The fraction of sp³-hybridized carbons (Fsp3) is 0.500. The summed E-state index contributed by atoms with van der Waals surface area (Å²) in [6, 6.07) is 0. The van der Waals surface area contributed by atoms with Gasteiger partial charge in [0.25, 0.3) is 0 Å². The quantitative estimate of drug-likeness (QED) is 0.821. The number of oxime groups is 1. The lowest BCUT2D eigenvalue weighted by atomic mass is 10.1. The molecule has 2 rings (SSSR count). The predicted octanol–water partition coefficient (Wildman–Crippen LogP) is 0.871. The van der Waals surface area contributed by atoms with E-state index in [2.05, 4.69) is 17.2 Å². The molecule has 0 bridgehead atoms. The van der Waals surface area contributed by atoms with Gasteiger partial charge in [-0.1, -0.05) is 12.1 Å². The molecule has 0 radical (unpaired) electrons. The Bertz CT molecular complexity index is 425. The smallest absolute Gasteiger partial charge is 0.348 e. The third kappa shape index (κ3) is 2.05. The Kier molecular flexibility index (Phi) is 2.89. The van der Waals surface area contributed by atoms with Gasteiger partial charge in [0.2, 0.25) is 6.10 Å². The molecule has 86 valence electrons. The number of nitrogens with zero attached hydrogens (tertiary/aromatic N) is 3. The van der Waals surface area contributed by atoms with E-state index < -0.39 is 12.1 Å². The summed E-state index contributed by atoms with van der Waals surface area (Å²) in [6.45, 7) is 2.91. The van der Waals surface area contributed by atoms with Crippen LogP contribution in [0.1, 0.15) is 25.3 Å². The number of aryl methyl sites for hydroxylation is 1. The zero-order valence-electron chi connectivity index (χ0n) is 8.96. The first-order valence-corrected chi connectivity index (χ1v) is 5.19. The molecule has 0 saturated carbocycles. The average Bonchev–Trinajstić information content (AvgIpc) is 2.84. The average molecular weight is 223 g/mol. The van der Waals surface area contributed by atoms with Crippen molar-refractivity contribution in [1.82, 2.24) is 9.78 Å². The fourth-order valence-corrected chi connectivity index (χ4v) is 1.54. The molecule has 0 amide bonds. The van der Waals surface area contributed by atoms with E-state index in [1.54, 1.807) is 6.20 Å². The lowest BCUT2D eigenvalue weighted by molar-refractivity contribution is -0.148. The van der Waals surface area contributed by atoms with Crippen molar-refractivity contribution < 1.29 is 14.7 Å². The molecular formula is C10H13N3O3. The van der Waals surface area contributed by atoms with Crippen LogP contribution in [0.15, 0.2) is 17.5 Å². The molecule has 1 aliphatic rings. The van der Waals surface area contributed by atoms with Crippen molar-refractivity contribution in [2.24, 2.45) is 5.16 Å². The molecule has 1 N–H and O–H groups in total. The van der Waals surface area contributed by atoms with E-state index in [1.807, 2.05) is 10.9 Å². The summed E-state index contributed by atoms with van der Waals surface area (Å²) in [7, 11) is 0. The fourth-order valence-electron chi connectivity index (χ4n) is 1.54. The van der Waals surface area contributed by atoms with Crippen LogP contribution in [0.25, 0.3) is 0 Å². The topological polar surface area (TPSA) is 76.7 Å². The summed E-state index contributed by atoms with van der Waals surface area (Å²) in [5.41, 5.74) is 1.48. The molecular weight excluding hydrogens is 210 g/mol. The largest absolute Gasteiger partial charge is 0.478 e. The van der Waals surface area contributed by atoms with Crippen LogP contribution >= 0.6 is 0 Å². The number of hydrogen-bond acceptors (Lipinski definition) is 4. The van der Waals surface area contributed by atoms with E-state index in [0.29, 0.717) is 12.1 Å². The highest BCUT2D eigenvalue weighted by Crippen LogP contribution is 2.16. The van der Waals surface area contributed by atoms with E-state index in [1.165, 1.54) is 0 Å². The third-order valence-corrected chi connectivity index (χ3v) is 2.36. The third-order valence-electron chi connectivity index (χ3n) is 2.36. The molecule has 0 aliphatic carbocycles. The van der Waals surface area contributed by atoms with Crippen molar-refractivity contribution in [2.45, 2.75) is 32.4 Å². The first-order valence-electron chi connectivity index (χ1n) is 5.19. The molecule has 0 spiro atoms. The summed E-state index contributed by atoms with van der Waals surface area (Å²) < 4.78 is 1.81. The maximum Gasteiger partial charge on any atom is 0.348 e. The normalized spacial score (nSPS) is 19.3. The van der Waals surface area contributed by atoms with Crippen LogP contribution in [-0.2, 0) is 16.2 Å². The first-order chi connectivity index (χ1) is 7.70. The predicted molar refractivity (Wildman–Crippen MR) is 56.2 cm³/mol. The lowest BCUT2D eigenvalue weighted by Crippen LogP contribution is -2.19. The number of carboxylic acid groups (broad SMARTS) is 1. The highest BCUT2D eigenvalue weighted by molar-refractivity contribution is 6.03. The summed E-state index contributed by atoms with van der Waals surface area (Å²) in [5, 5.41) is 16.7. The van der Waals surface area contributed by atoms with Gasteiger partial charge in [-0.3, -0.25) is 4.68 Å². The standard InChI is InChI=1S/C10H13N3O3/c1-2-3-13-6-7(5-11-13)8-4-9(10(14)15)16-12-8/h5-6,9H,2-4H2,1H3,(H,14,15). The van der Waals surface area contributed by atoms with E-state index in [-0.39, 0.29) is 0 Å². The molecule has 1 aromatic rings. The molecule has 6 heteroatoms. The van der Waals surface area contributed by atoms with Gasteiger partial charge in [0.15, 0.2) is 0 Å². The van der Waals surface area contributed by atoms with Crippen molar-refractivity contribution in [3.05, 3.63) is 18.0 Å².